The van der Waals surface area contributed by atoms with Crippen molar-refractivity contribution in [3.05, 3.63) is 141 Å². The van der Waals surface area contributed by atoms with Crippen molar-refractivity contribution >= 4 is 46.4 Å². The van der Waals surface area contributed by atoms with E-state index in [0.29, 0.717) is 62.8 Å². The van der Waals surface area contributed by atoms with Crippen LogP contribution in [0.2, 0.25) is 10.0 Å². The van der Waals surface area contributed by atoms with Crippen LogP contribution in [0.15, 0.2) is 94.9 Å². The smallest absolute Gasteiger partial charge is 0.228 e. The number of fused-ring (bicyclic) bond motifs is 6. The van der Waals surface area contributed by atoms with Crippen LogP contribution in [0, 0.1) is 13.8 Å². The maximum atomic E-state index is 13.7. The molecule has 6 aromatic rings. The van der Waals surface area contributed by atoms with Gasteiger partial charge in [0.15, 0.2) is 18.4 Å². The SMILES string of the molecule is CCNC(=O)C[C@H]1N=C(c2ccc(Cl)cc2)c2cc(OCNC(=O)CC3=NC(c4ccc(Cl)cc4)c4cc(OC)ccc4-n4c(C)nnc43)ccc2-n2c(C)nnc21. The van der Waals surface area contributed by atoms with Gasteiger partial charge in [-0.25, -0.2) is 0 Å². The predicted octanol–water partition coefficient (Wildman–Crippen LogP) is 6.63. The largest absolute Gasteiger partial charge is 0.497 e. The fourth-order valence-corrected chi connectivity index (χ4v) is 7.48. The summed E-state index contributed by atoms with van der Waals surface area (Å²) in [6.45, 7) is 5.93. The molecule has 0 aliphatic carbocycles. The Hall–Kier alpha value is -6.38. The van der Waals surface area contributed by atoms with Gasteiger partial charge in [-0.3, -0.25) is 28.7 Å². The van der Waals surface area contributed by atoms with Gasteiger partial charge in [-0.2, -0.15) is 0 Å². The minimum atomic E-state index is -0.620. The van der Waals surface area contributed by atoms with E-state index in [9.17, 15) is 9.59 Å². The van der Waals surface area contributed by atoms with Crippen molar-refractivity contribution in [3.8, 4) is 22.9 Å². The average Bonchev–Trinajstić information content (AvgIpc) is 3.72. The molecule has 0 fully saturated rings. The molecule has 4 aromatic carbocycles. The van der Waals surface area contributed by atoms with Gasteiger partial charge in [-0.15, -0.1) is 20.4 Å². The topological polar surface area (TPSA) is 163 Å². The van der Waals surface area contributed by atoms with E-state index >= 15 is 0 Å². The molecule has 2 aromatic heterocycles. The maximum absolute atomic E-state index is 13.7. The van der Waals surface area contributed by atoms with Gasteiger partial charge < -0.3 is 20.1 Å². The van der Waals surface area contributed by atoms with Crippen molar-refractivity contribution in [2.45, 2.75) is 45.7 Å². The number of nitrogens with zero attached hydrogens (tertiary/aromatic N) is 8. The maximum Gasteiger partial charge on any atom is 0.228 e. The van der Waals surface area contributed by atoms with E-state index in [1.54, 1.807) is 25.3 Å². The van der Waals surface area contributed by atoms with Crippen LogP contribution < -0.4 is 20.1 Å². The Bertz CT molecular complexity index is 2600. The Labute approximate surface area is 344 Å². The monoisotopic (exact) mass is 816 g/mol. The second kappa shape index (κ2) is 16.2. The third kappa shape index (κ3) is 7.55. The van der Waals surface area contributed by atoms with Gasteiger partial charge in [-0.05, 0) is 87.0 Å². The second-order valence-electron chi connectivity index (χ2n) is 13.7. The third-order valence-electron chi connectivity index (χ3n) is 9.93. The molecule has 2 amide bonds. The molecule has 0 saturated heterocycles. The first kappa shape index (κ1) is 38.5. The molecule has 294 valence electrons. The summed E-state index contributed by atoms with van der Waals surface area (Å²) in [5.74, 6) is 2.94. The molecular weight excluding hydrogens is 779 g/mol. The van der Waals surface area contributed by atoms with E-state index in [2.05, 4.69) is 31.0 Å². The third-order valence-corrected chi connectivity index (χ3v) is 10.4. The minimum absolute atomic E-state index is 0.0777. The first-order valence-corrected chi connectivity index (χ1v) is 19.4. The van der Waals surface area contributed by atoms with Gasteiger partial charge in [-0.1, -0.05) is 47.5 Å². The molecule has 2 atom stereocenters. The quantitative estimate of drug-likeness (QED) is 0.138. The molecule has 0 spiro atoms. The summed E-state index contributed by atoms with van der Waals surface area (Å²) < 4.78 is 15.6. The fraction of sp³-hybridized carbons (Fsp3) is 0.238. The van der Waals surface area contributed by atoms with Crippen LogP contribution >= 0.6 is 23.2 Å². The van der Waals surface area contributed by atoms with Gasteiger partial charge in [0, 0.05) is 33.3 Å². The van der Waals surface area contributed by atoms with Crippen molar-refractivity contribution in [1.29, 1.82) is 0 Å². The number of rotatable bonds is 11. The van der Waals surface area contributed by atoms with Crippen LogP contribution in [0.25, 0.3) is 11.4 Å². The molecule has 0 saturated carbocycles. The Kier molecular flexibility index (Phi) is 10.8. The van der Waals surface area contributed by atoms with E-state index in [4.69, 9.17) is 42.7 Å². The lowest BCUT2D eigenvalue weighted by atomic mass is 9.97. The number of aliphatic imine (C=N–C) groups is 2. The molecular formula is C42H38Cl2N10O4. The zero-order valence-corrected chi connectivity index (χ0v) is 33.5. The number of carbonyl (C=O) groups is 2. The lowest BCUT2D eigenvalue weighted by molar-refractivity contribution is -0.122. The first-order valence-electron chi connectivity index (χ1n) is 18.6. The molecule has 0 bridgehead atoms. The molecule has 8 rings (SSSR count). The van der Waals surface area contributed by atoms with E-state index in [0.717, 1.165) is 33.6 Å². The number of amides is 2. The van der Waals surface area contributed by atoms with E-state index in [1.807, 2.05) is 96.6 Å². The predicted molar refractivity (Wildman–Crippen MR) is 220 cm³/mol. The number of carbonyl (C=O) groups excluding carboxylic acids is 2. The normalized spacial score (nSPS) is 15.3. The standard InChI is InChI=1S/C42H38Cl2N10O4/c1-5-45-37(55)20-33-41-51-50-24(3)54(41)36-17-15-30(19-32(36)40(47-33)26-8-12-28(44)13-9-26)58-22-46-38(56)21-34-42-52-49-23(2)53(42)35-16-14-29(57-4)18-31(35)39(48-34)25-6-10-27(43)11-7-25/h6-19,33,39H,5,20-22H2,1-4H3,(H,45,55)(H,46,56)/t33-,39?/m1/s1. The fourth-order valence-electron chi connectivity index (χ4n) is 7.23. The average molecular weight is 818 g/mol. The molecule has 2 N–H and O–H groups in total. The number of methoxy groups -OCH3 is 1. The van der Waals surface area contributed by atoms with Gasteiger partial charge in [0.05, 0.1) is 42.7 Å². The highest BCUT2D eigenvalue weighted by atomic mass is 35.5. The highest BCUT2D eigenvalue weighted by Gasteiger charge is 2.31. The number of aromatic nitrogens is 6. The number of ether oxygens (including phenoxy) is 2. The van der Waals surface area contributed by atoms with Crippen LogP contribution in [0.5, 0.6) is 11.5 Å². The Morgan fingerprint density at radius 1 is 0.759 bits per heavy atom. The number of aryl methyl sites for hydroxylation is 2. The van der Waals surface area contributed by atoms with Crippen LogP contribution in [0.1, 0.15) is 77.4 Å². The summed E-state index contributed by atoms with van der Waals surface area (Å²) in [4.78, 5) is 36.8. The summed E-state index contributed by atoms with van der Waals surface area (Å²) in [5.41, 5.74) is 5.92. The number of hydrogen-bond acceptors (Lipinski definition) is 10. The Balaban J connectivity index is 1.08. The summed E-state index contributed by atoms with van der Waals surface area (Å²) in [7, 11) is 1.61. The highest BCUT2D eigenvalue weighted by Crippen LogP contribution is 2.38. The number of nitrogens with one attached hydrogen (secondary N) is 2. The van der Waals surface area contributed by atoms with Gasteiger partial charge >= 0.3 is 0 Å². The molecule has 14 nitrogen and oxygen atoms in total. The van der Waals surface area contributed by atoms with Crippen LogP contribution in [-0.2, 0) is 9.59 Å². The van der Waals surface area contributed by atoms with Gasteiger partial charge in [0.2, 0.25) is 11.8 Å². The lowest BCUT2D eigenvalue weighted by Gasteiger charge is -2.18. The van der Waals surface area contributed by atoms with E-state index in [1.165, 1.54) is 0 Å². The first-order chi connectivity index (χ1) is 28.1. The van der Waals surface area contributed by atoms with Crippen LogP contribution in [-0.4, -0.2) is 73.2 Å². The molecule has 58 heavy (non-hydrogen) atoms. The van der Waals surface area contributed by atoms with Crippen molar-refractivity contribution in [2.75, 3.05) is 20.4 Å². The molecule has 16 heteroatoms. The van der Waals surface area contributed by atoms with Crippen LogP contribution in [0.4, 0.5) is 0 Å². The van der Waals surface area contributed by atoms with Crippen molar-refractivity contribution in [3.63, 3.8) is 0 Å². The van der Waals surface area contributed by atoms with Crippen molar-refractivity contribution in [1.82, 2.24) is 40.2 Å². The minimum Gasteiger partial charge on any atom is -0.497 e. The van der Waals surface area contributed by atoms with E-state index in [-0.39, 0.29) is 31.4 Å². The lowest BCUT2D eigenvalue weighted by Crippen LogP contribution is -2.30. The van der Waals surface area contributed by atoms with Gasteiger partial charge in [0.25, 0.3) is 0 Å². The molecule has 2 aliphatic heterocycles. The molecule has 2 aliphatic rings. The molecule has 4 heterocycles. The zero-order chi connectivity index (χ0) is 40.5. The summed E-state index contributed by atoms with van der Waals surface area (Å²) in [6, 6.07) is 25.0. The summed E-state index contributed by atoms with van der Waals surface area (Å²) in [6.07, 6.45) is -0.0225. The summed E-state index contributed by atoms with van der Waals surface area (Å²) >= 11 is 12.5. The Morgan fingerprint density at radius 3 is 2.19 bits per heavy atom. The highest BCUT2D eigenvalue weighted by molar-refractivity contribution is 6.31. The van der Waals surface area contributed by atoms with E-state index < -0.39 is 12.1 Å². The second-order valence-corrected chi connectivity index (χ2v) is 14.6. The molecule has 1 unspecified atom stereocenters. The number of halogens is 2. The zero-order valence-electron chi connectivity index (χ0n) is 32.0. The van der Waals surface area contributed by atoms with Crippen molar-refractivity contribution < 1.29 is 19.1 Å². The van der Waals surface area contributed by atoms with Gasteiger partial charge in [0.1, 0.15) is 35.2 Å². The van der Waals surface area contributed by atoms with Crippen molar-refractivity contribution in [2.24, 2.45) is 9.98 Å². The molecule has 0 radical (unpaired) electrons. The van der Waals surface area contributed by atoms with Crippen LogP contribution in [0.3, 0.4) is 0 Å². The Morgan fingerprint density at radius 2 is 1.45 bits per heavy atom. The number of hydrogen-bond donors (Lipinski definition) is 2. The number of benzene rings is 4. The summed E-state index contributed by atoms with van der Waals surface area (Å²) in [5, 5.41) is 24.5.